The predicted molar refractivity (Wildman–Crippen MR) is 96.5 cm³/mol. The summed E-state index contributed by atoms with van der Waals surface area (Å²) in [4.78, 5) is 24.2. The Labute approximate surface area is 150 Å². The van der Waals surface area contributed by atoms with E-state index >= 15 is 0 Å². The maximum atomic E-state index is 12.5. The molecule has 0 bridgehead atoms. The van der Waals surface area contributed by atoms with E-state index in [1.165, 1.54) is 0 Å². The molecule has 1 aromatic carbocycles. The molecule has 2 aromatic rings. The Hall–Kier alpha value is -2.87. The highest BCUT2D eigenvalue weighted by Crippen LogP contribution is 2.32. The number of piperidine rings is 1. The second-order valence-electron chi connectivity index (χ2n) is 6.60. The number of nitrogens with one attached hydrogen (secondary N) is 3. The second-order valence-corrected chi connectivity index (χ2v) is 6.60. The van der Waals surface area contributed by atoms with Gasteiger partial charge in [0, 0.05) is 18.4 Å². The Bertz CT molecular complexity index is 841. The lowest BCUT2D eigenvalue weighted by molar-refractivity contribution is -0.122. The van der Waals surface area contributed by atoms with Crippen LogP contribution in [0, 0.1) is 0 Å². The van der Waals surface area contributed by atoms with Gasteiger partial charge in [0.05, 0.1) is 11.7 Å². The Kier molecular flexibility index (Phi) is 4.34. The molecule has 2 amide bonds. The number of ether oxygens (including phenoxy) is 1. The van der Waals surface area contributed by atoms with Gasteiger partial charge in [-0.3, -0.25) is 14.3 Å². The fourth-order valence-electron chi connectivity index (χ4n) is 3.20. The van der Waals surface area contributed by atoms with Crippen molar-refractivity contribution < 1.29 is 14.3 Å². The quantitative estimate of drug-likeness (QED) is 0.780. The first kappa shape index (κ1) is 16.6. The first-order valence-corrected chi connectivity index (χ1v) is 8.79. The molecule has 0 saturated carbocycles. The van der Waals surface area contributed by atoms with Gasteiger partial charge in [-0.15, -0.1) is 0 Å². The van der Waals surface area contributed by atoms with Gasteiger partial charge in [-0.1, -0.05) is 0 Å². The minimum atomic E-state index is -0.527. The van der Waals surface area contributed by atoms with Gasteiger partial charge < -0.3 is 20.7 Å². The molecular formula is C18H21N5O3. The second kappa shape index (κ2) is 6.80. The van der Waals surface area contributed by atoms with Crippen molar-refractivity contribution in [2.75, 3.05) is 23.7 Å². The van der Waals surface area contributed by atoms with Gasteiger partial charge in [0.2, 0.25) is 0 Å². The lowest BCUT2D eigenvalue weighted by Crippen LogP contribution is -2.34. The van der Waals surface area contributed by atoms with Gasteiger partial charge in [0.1, 0.15) is 5.75 Å². The minimum Gasteiger partial charge on any atom is -0.479 e. The summed E-state index contributed by atoms with van der Waals surface area (Å²) in [6, 6.07) is 7.15. The summed E-state index contributed by atoms with van der Waals surface area (Å²) in [5.74, 6) is 0.0916. The maximum absolute atomic E-state index is 12.5. The largest absolute Gasteiger partial charge is 0.479 e. The SMILES string of the molecule is CC1Oc2ccc(NC(=O)c3ccn(C4CCCNC4)n3)cc2NC1=O. The summed E-state index contributed by atoms with van der Waals surface area (Å²) >= 11 is 0. The van der Waals surface area contributed by atoms with Crippen molar-refractivity contribution in [3.8, 4) is 5.75 Å². The summed E-state index contributed by atoms with van der Waals surface area (Å²) in [6.07, 6.45) is 3.47. The van der Waals surface area contributed by atoms with Crippen molar-refractivity contribution in [1.82, 2.24) is 15.1 Å². The van der Waals surface area contributed by atoms with E-state index in [4.69, 9.17) is 4.74 Å². The van der Waals surface area contributed by atoms with E-state index in [1.807, 2.05) is 10.9 Å². The van der Waals surface area contributed by atoms with E-state index in [-0.39, 0.29) is 17.9 Å². The summed E-state index contributed by atoms with van der Waals surface area (Å²) in [6.45, 7) is 3.58. The molecule has 1 fully saturated rings. The molecule has 8 nitrogen and oxygen atoms in total. The van der Waals surface area contributed by atoms with Crippen molar-refractivity contribution in [2.45, 2.75) is 31.9 Å². The lowest BCUT2D eigenvalue weighted by Gasteiger charge is -2.23. The molecule has 3 heterocycles. The number of amides is 2. The summed E-state index contributed by atoms with van der Waals surface area (Å²) < 4.78 is 7.36. The van der Waals surface area contributed by atoms with E-state index in [9.17, 15) is 9.59 Å². The molecule has 8 heteroatoms. The van der Waals surface area contributed by atoms with E-state index in [0.717, 1.165) is 25.9 Å². The highest BCUT2D eigenvalue weighted by molar-refractivity contribution is 6.04. The van der Waals surface area contributed by atoms with Crippen LogP contribution in [-0.2, 0) is 4.79 Å². The number of hydrogen-bond donors (Lipinski definition) is 3. The fraction of sp³-hybridized carbons (Fsp3) is 0.389. The van der Waals surface area contributed by atoms with Gasteiger partial charge >= 0.3 is 0 Å². The maximum Gasteiger partial charge on any atom is 0.276 e. The highest BCUT2D eigenvalue weighted by Gasteiger charge is 2.24. The normalized spacial score (nSPS) is 22.1. The van der Waals surface area contributed by atoms with Gasteiger partial charge in [-0.25, -0.2) is 0 Å². The molecule has 0 spiro atoms. The number of rotatable bonds is 3. The zero-order valence-electron chi connectivity index (χ0n) is 14.5. The van der Waals surface area contributed by atoms with E-state index in [1.54, 1.807) is 31.2 Å². The third kappa shape index (κ3) is 3.28. The molecule has 0 aliphatic carbocycles. The first-order chi connectivity index (χ1) is 12.6. The van der Waals surface area contributed by atoms with Crippen molar-refractivity contribution >= 4 is 23.2 Å². The molecule has 2 aliphatic rings. The van der Waals surface area contributed by atoms with Crippen LogP contribution in [0.25, 0.3) is 0 Å². The van der Waals surface area contributed by atoms with Gasteiger partial charge in [-0.05, 0) is 50.6 Å². The van der Waals surface area contributed by atoms with Crippen LogP contribution in [0.1, 0.15) is 36.3 Å². The number of hydrogen-bond acceptors (Lipinski definition) is 5. The molecule has 3 N–H and O–H groups in total. The van der Waals surface area contributed by atoms with Gasteiger partial charge in [-0.2, -0.15) is 5.10 Å². The number of carbonyl (C=O) groups excluding carboxylic acids is 2. The van der Waals surface area contributed by atoms with Crippen LogP contribution in [0.3, 0.4) is 0 Å². The molecule has 0 radical (unpaired) electrons. The number of nitrogens with zero attached hydrogens (tertiary/aromatic N) is 2. The number of benzene rings is 1. The van der Waals surface area contributed by atoms with Crippen molar-refractivity contribution in [3.63, 3.8) is 0 Å². The third-order valence-corrected chi connectivity index (χ3v) is 4.65. The zero-order chi connectivity index (χ0) is 18.1. The van der Waals surface area contributed by atoms with E-state index < -0.39 is 6.10 Å². The van der Waals surface area contributed by atoms with Crippen molar-refractivity contribution in [1.29, 1.82) is 0 Å². The molecular weight excluding hydrogens is 334 g/mol. The summed E-state index contributed by atoms with van der Waals surface area (Å²) in [5.41, 5.74) is 1.48. The van der Waals surface area contributed by atoms with Crippen LogP contribution in [-0.4, -0.2) is 40.8 Å². The average molecular weight is 355 g/mol. The predicted octanol–water partition coefficient (Wildman–Crippen LogP) is 1.78. The number of aromatic nitrogens is 2. The average Bonchev–Trinajstić information content (AvgIpc) is 3.14. The monoisotopic (exact) mass is 355 g/mol. The van der Waals surface area contributed by atoms with Crippen LogP contribution >= 0.6 is 0 Å². The molecule has 136 valence electrons. The third-order valence-electron chi connectivity index (χ3n) is 4.65. The molecule has 1 aromatic heterocycles. The Morgan fingerprint density at radius 2 is 2.27 bits per heavy atom. The van der Waals surface area contributed by atoms with Crippen LogP contribution < -0.4 is 20.7 Å². The topological polar surface area (TPSA) is 97.3 Å². The van der Waals surface area contributed by atoms with Crippen molar-refractivity contribution in [2.24, 2.45) is 0 Å². The smallest absolute Gasteiger partial charge is 0.276 e. The Morgan fingerprint density at radius 1 is 1.38 bits per heavy atom. The molecule has 1 saturated heterocycles. The summed E-state index contributed by atoms with van der Waals surface area (Å²) in [7, 11) is 0. The summed E-state index contributed by atoms with van der Waals surface area (Å²) in [5, 5.41) is 13.3. The highest BCUT2D eigenvalue weighted by atomic mass is 16.5. The minimum absolute atomic E-state index is 0.208. The number of fused-ring (bicyclic) bond motifs is 1. The molecule has 26 heavy (non-hydrogen) atoms. The fourth-order valence-corrected chi connectivity index (χ4v) is 3.20. The lowest BCUT2D eigenvalue weighted by atomic mass is 10.1. The first-order valence-electron chi connectivity index (χ1n) is 8.79. The Balaban J connectivity index is 1.46. The molecule has 4 rings (SSSR count). The van der Waals surface area contributed by atoms with Crippen LogP contribution in [0.4, 0.5) is 11.4 Å². The van der Waals surface area contributed by atoms with E-state index in [0.29, 0.717) is 22.8 Å². The van der Waals surface area contributed by atoms with Gasteiger partial charge in [0.25, 0.3) is 11.8 Å². The zero-order valence-corrected chi connectivity index (χ0v) is 14.5. The molecule has 2 aliphatic heterocycles. The van der Waals surface area contributed by atoms with Gasteiger partial charge in [0.15, 0.2) is 11.8 Å². The van der Waals surface area contributed by atoms with Crippen LogP contribution in [0.5, 0.6) is 5.75 Å². The number of carbonyl (C=O) groups is 2. The molecule has 2 unspecified atom stereocenters. The van der Waals surface area contributed by atoms with Crippen molar-refractivity contribution in [3.05, 3.63) is 36.2 Å². The molecule has 2 atom stereocenters. The van der Waals surface area contributed by atoms with E-state index in [2.05, 4.69) is 21.0 Å². The van der Waals surface area contributed by atoms with Crippen LogP contribution in [0.2, 0.25) is 0 Å². The standard InChI is InChI=1S/C18H21N5O3/c1-11-17(24)21-15-9-12(4-5-16(15)26-11)20-18(25)14-6-8-23(22-14)13-3-2-7-19-10-13/h4-6,8-9,11,13,19H,2-3,7,10H2,1H3,(H,20,25)(H,21,24). The Morgan fingerprint density at radius 3 is 3.08 bits per heavy atom. The van der Waals surface area contributed by atoms with Crippen LogP contribution in [0.15, 0.2) is 30.5 Å². The number of anilines is 2.